The van der Waals surface area contributed by atoms with Crippen LogP contribution in [-0.2, 0) is 6.18 Å². The third-order valence-electron chi connectivity index (χ3n) is 2.65. The number of nitrogens with two attached hydrogens (primary N) is 1. The Balaban J connectivity index is 3.28. The summed E-state index contributed by atoms with van der Waals surface area (Å²) >= 11 is 3.03. The van der Waals surface area contributed by atoms with E-state index < -0.39 is 17.8 Å². The molecule has 0 bridgehead atoms. The van der Waals surface area contributed by atoms with Crippen molar-refractivity contribution in [1.82, 2.24) is 5.32 Å². The Labute approximate surface area is 124 Å². The summed E-state index contributed by atoms with van der Waals surface area (Å²) < 4.78 is 39.0. The Kier molecular flexibility index (Phi) is 5.10. The van der Waals surface area contributed by atoms with Crippen molar-refractivity contribution in [3.8, 4) is 0 Å². The summed E-state index contributed by atoms with van der Waals surface area (Å²) in [7, 11) is 0. The molecule has 4 N–H and O–H groups in total. The number of aliphatic hydroxyl groups excluding tert-OH is 1. The van der Waals surface area contributed by atoms with Gasteiger partial charge in [-0.15, -0.1) is 0 Å². The highest BCUT2D eigenvalue weighted by atomic mass is 79.9. The van der Waals surface area contributed by atoms with E-state index in [0.717, 1.165) is 6.07 Å². The number of anilines is 1. The summed E-state index contributed by atoms with van der Waals surface area (Å²) in [6.45, 7) is 5.29. The van der Waals surface area contributed by atoms with Crippen molar-refractivity contribution in [3.63, 3.8) is 0 Å². The molecule has 1 aromatic carbocycles. The predicted molar refractivity (Wildman–Crippen MR) is 76.3 cm³/mol. The van der Waals surface area contributed by atoms with Gasteiger partial charge in [0, 0.05) is 10.0 Å². The number of hydrogen-bond acceptors (Lipinski definition) is 3. The lowest BCUT2D eigenvalue weighted by Crippen LogP contribution is -2.40. The lowest BCUT2D eigenvalue weighted by atomic mass is 9.99. The first-order chi connectivity index (χ1) is 8.95. The van der Waals surface area contributed by atoms with Crippen LogP contribution in [0.4, 0.5) is 18.9 Å². The van der Waals surface area contributed by atoms with Gasteiger partial charge in [-0.05, 0) is 54.4 Å². The van der Waals surface area contributed by atoms with Gasteiger partial charge in [0.25, 0.3) is 0 Å². The van der Waals surface area contributed by atoms with Gasteiger partial charge in [0.1, 0.15) is 0 Å². The zero-order valence-electron chi connectivity index (χ0n) is 11.5. The quantitative estimate of drug-likeness (QED) is 0.728. The number of hydrogen-bond donors (Lipinski definition) is 3. The fourth-order valence-electron chi connectivity index (χ4n) is 1.83. The van der Waals surface area contributed by atoms with Crippen LogP contribution in [0.15, 0.2) is 16.6 Å². The zero-order valence-corrected chi connectivity index (χ0v) is 13.1. The smallest absolute Gasteiger partial charge is 0.397 e. The molecule has 0 aliphatic carbocycles. The van der Waals surface area contributed by atoms with Gasteiger partial charge in [-0.1, -0.05) is 0 Å². The molecule has 1 unspecified atom stereocenters. The second kappa shape index (κ2) is 5.91. The summed E-state index contributed by atoms with van der Waals surface area (Å²) in [5.74, 6) is 0. The largest absolute Gasteiger partial charge is 0.418 e. The molecule has 20 heavy (non-hydrogen) atoms. The van der Waals surface area contributed by atoms with Crippen LogP contribution in [0.25, 0.3) is 0 Å². The maximum Gasteiger partial charge on any atom is 0.418 e. The average molecular weight is 355 g/mol. The number of rotatable bonds is 3. The second-order valence-corrected chi connectivity index (χ2v) is 6.45. The number of benzene rings is 1. The van der Waals surface area contributed by atoms with Gasteiger partial charge in [0.2, 0.25) is 0 Å². The van der Waals surface area contributed by atoms with Gasteiger partial charge in [-0.25, -0.2) is 0 Å². The fourth-order valence-corrected chi connectivity index (χ4v) is 2.31. The van der Waals surface area contributed by atoms with Crippen molar-refractivity contribution in [3.05, 3.63) is 27.7 Å². The monoisotopic (exact) mass is 354 g/mol. The van der Waals surface area contributed by atoms with Crippen molar-refractivity contribution in [2.75, 3.05) is 12.3 Å². The topological polar surface area (TPSA) is 58.3 Å². The maximum absolute atomic E-state index is 12.9. The van der Waals surface area contributed by atoms with Gasteiger partial charge in [-0.3, -0.25) is 0 Å². The summed E-state index contributed by atoms with van der Waals surface area (Å²) in [6, 6.07) is 1.86. The Morgan fingerprint density at radius 1 is 1.30 bits per heavy atom. The number of nitrogens with one attached hydrogen (secondary N) is 1. The number of aliphatic hydroxyl groups is 1. The first kappa shape index (κ1) is 17.3. The van der Waals surface area contributed by atoms with E-state index in [0.29, 0.717) is 5.56 Å². The first-order valence-corrected chi connectivity index (χ1v) is 6.79. The average Bonchev–Trinajstić information content (AvgIpc) is 2.26. The van der Waals surface area contributed by atoms with Crippen LogP contribution < -0.4 is 11.1 Å². The van der Waals surface area contributed by atoms with Crippen molar-refractivity contribution in [2.45, 2.75) is 38.5 Å². The van der Waals surface area contributed by atoms with Gasteiger partial charge in [0.15, 0.2) is 0 Å². The van der Waals surface area contributed by atoms with Gasteiger partial charge in [0.05, 0.1) is 23.9 Å². The molecule has 1 rings (SSSR count). The van der Waals surface area contributed by atoms with Crippen LogP contribution in [0.1, 0.15) is 37.9 Å². The third-order valence-corrected chi connectivity index (χ3v) is 3.31. The van der Waals surface area contributed by atoms with E-state index in [1.807, 2.05) is 20.8 Å². The van der Waals surface area contributed by atoms with Crippen LogP contribution in [-0.4, -0.2) is 17.3 Å². The highest BCUT2D eigenvalue weighted by Gasteiger charge is 2.35. The van der Waals surface area contributed by atoms with E-state index in [9.17, 15) is 18.3 Å². The molecule has 0 saturated carbocycles. The van der Waals surface area contributed by atoms with Crippen LogP contribution in [0, 0.1) is 0 Å². The molecule has 1 aromatic rings. The van der Waals surface area contributed by atoms with Crippen LogP contribution >= 0.6 is 15.9 Å². The molecule has 114 valence electrons. The standard InChI is InChI=1S/C13H18BrF3N2O/c1-12(2,3)19-10(6-20)7-4-8(13(15,16)17)11(18)9(14)5-7/h4-5,10,19-20H,6,18H2,1-3H3. The third kappa shape index (κ3) is 4.36. The molecule has 0 spiro atoms. The Morgan fingerprint density at radius 2 is 1.85 bits per heavy atom. The molecule has 0 saturated heterocycles. The van der Waals surface area contributed by atoms with Crippen LogP contribution in [0.3, 0.4) is 0 Å². The fraction of sp³-hybridized carbons (Fsp3) is 0.538. The minimum atomic E-state index is -4.54. The molecule has 7 heteroatoms. The van der Waals surface area contributed by atoms with Crippen molar-refractivity contribution in [1.29, 1.82) is 0 Å². The summed E-state index contributed by atoms with van der Waals surface area (Å²) in [5, 5.41) is 12.5. The lowest BCUT2D eigenvalue weighted by Gasteiger charge is -2.28. The van der Waals surface area contributed by atoms with Gasteiger partial charge < -0.3 is 16.2 Å². The maximum atomic E-state index is 12.9. The van der Waals surface area contributed by atoms with Crippen molar-refractivity contribution in [2.24, 2.45) is 0 Å². The number of nitrogen functional groups attached to an aromatic ring is 1. The van der Waals surface area contributed by atoms with Crippen LogP contribution in [0.5, 0.6) is 0 Å². The molecular formula is C13H18BrF3N2O. The van der Waals surface area contributed by atoms with E-state index in [1.165, 1.54) is 6.07 Å². The van der Waals surface area contributed by atoms with Crippen molar-refractivity contribution < 1.29 is 18.3 Å². The number of alkyl halides is 3. The summed E-state index contributed by atoms with van der Waals surface area (Å²) in [5.41, 5.74) is 4.18. The molecule has 1 atom stereocenters. The highest BCUT2D eigenvalue weighted by molar-refractivity contribution is 9.10. The zero-order chi connectivity index (χ0) is 15.7. The van der Waals surface area contributed by atoms with E-state index in [-0.39, 0.29) is 22.3 Å². The highest BCUT2D eigenvalue weighted by Crippen LogP contribution is 2.39. The van der Waals surface area contributed by atoms with Gasteiger partial charge in [-0.2, -0.15) is 13.2 Å². The molecule has 0 aromatic heterocycles. The lowest BCUT2D eigenvalue weighted by molar-refractivity contribution is -0.137. The Morgan fingerprint density at radius 3 is 2.25 bits per heavy atom. The molecule has 0 radical (unpaired) electrons. The molecule has 3 nitrogen and oxygen atoms in total. The first-order valence-electron chi connectivity index (χ1n) is 6.00. The minimum Gasteiger partial charge on any atom is -0.397 e. The second-order valence-electron chi connectivity index (χ2n) is 5.59. The Bertz CT molecular complexity index is 484. The summed E-state index contributed by atoms with van der Waals surface area (Å²) in [4.78, 5) is 0. The van der Waals surface area contributed by atoms with E-state index in [1.54, 1.807) is 0 Å². The SMILES string of the molecule is CC(C)(C)NC(CO)c1cc(Br)c(N)c(C(F)(F)F)c1. The Hall–Kier alpha value is -0.790. The van der Waals surface area contributed by atoms with Gasteiger partial charge >= 0.3 is 6.18 Å². The van der Waals surface area contributed by atoms with Crippen LogP contribution in [0.2, 0.25) is 0 Å². The summed E-state index contributed by atoms with van der Waals surface area (Å²) in [6.07, 6.45) is -4.54. The predicted octanol–water partition coefficient (Wildman–Crippen LogP) is 3.47. The molecule has 0 amide bonds. The molecule has 0 fully saturated rings. The van der Waals surface area contributed by atoms with E-state index in [4.69, 9.17) is 5.73 Å². The van der Waals surface area contributed by atoms with Crippen molar-refractivity contribution >= 4 is 21.6 Å². The van der Waals surface area contributed by atoms with E-state index >= 15 is 0 Å². The molecule has 0 heterocycles. The normalized spacial score (nSPS) is 14.4. The molecule has 0 aliphatic heterocycles. The number of halogens is 4. The molecular weight excluding hydrogens is 337 g/mol. The van der Waals surface area contributed by atoms with E-state index in [2.05, 4.69) is 21.2 Å². The molecule has 0 aliphatic rings. The minimum absolute atomic E-state index is 0.163.